The third-order valence-electron chi connectivity index (χ3n) is 3.69. The van der Waals surface area contributed by atoms with E-state index in [0.717, 1.165) is 6.54 Å². The van der Waals surface area contributed by atoms with Crippen LogP contribution in [-0.2, 0) is 7.05 Å². The molecule has 2 aromatic rings. The maximum atomic E-state index is 3.69. The first-order chi connectivity index (χ1) is 8.27. The lowest BCUT2D eigenvalue weighted by molar-refractivity contribution is 0.414. The van der Waals surface area contributed by atoms with Crippen LogP contribution in [0, 0.1) is 0 Å². The van der Waals surface area contributed by atoms with Crippen molar-refractivity contribution in [2.45, 2.75) is 25.3 Å². The molecule has 0 bridgehead atoms. The second-order valence-corrected chi connectivity index (χ2v) is 5.69. The van der Waals surface area contributed by atoms with E-state index < -0.39 is 0 Å². The number of hydrogen-bond acceptors (Lipinski definition) is 1. The van der Waals surface area contributed by atoms with Gasteiger partial charge >= 0.3 is 0 Å². The Morgan fingerprint density at radius 3 is 3.00 bits per heavy atom. The first kappa shape index (κ1) is 11.3. The highest BCUT2D eigenvalue weighted by Crippen LogP contribution is 2.34. The first-order valence-corrected chi connectivity index (χ1v) is 7.03. The summed E-state index contributed by atoms with van der Waals surface area (Å²) in [5, 5.41) is 5.00. The van der Waals surface area contributed by atoms with E-state index in [4.69, 9.17) is 0 Å². The summed E-state index contributed by atoms with van der Waals surface area (Å²) >= 11 is 3.69. The number of fused-ring (bicyclic) bond motifs is 1. The van der Waals surface area contributed by atoms with Crippen molar-refractivity contribution in [3.8, 4) is 0 Å². The second kappa shape index (κ2) is 4.46. The van der Waals surface area contributed by atoms with Gasteiger partial charge < -0.3 is 9.88 Å². The summed E-state index contributed by atoms with van der Waals surface area (Å²) in [5.74, 6) is 0. The van der Waals surface area contributed by atoms with Gasteiger partial charge in [0.25, 0.3) is 0 Å². The molecule has 3 heteroatoms. The Hall–Kier alpha value is -0.800. The highest BCUT2D eigenvalue weighted by atomic mass is 79.9. The van der Waals surface area contributed by atoms with E-state index in [1.807, 2.05) is 0 Å². The Bertz CT molecular complexity index is 538. The summed E-state index contributed by atoms with van der Waals surface area (Å²) in [6.07, 6.45) is 6.04. The van der Waals surface area contributed by atoms with Crippen molar-refractivity contribution in [1.29, 1.82) is 0 Å². The summed E-state index contributed by atoms with van der Waals surface area (Å²) < 4.78 is 3.39. The molecule has 90 valence electrons. The molecule has 1 aromatic carbocycles. The molecule has 0 amide bonds. The van der Waals surface area contributed by atoms with Crippen molar-refractivity contribution in [1.82, 2.24) is 9.88 Å². The van der Waals surface area contributed by atoms with Crippen molar-refractivity contribution in [2.24, 2.45) is 7.05 Å². The van der Waals surface area contributed by atoms with Gasteiger partial charge in [-0.05, 0) is 46.9 Å². The summed E-state index contributed by atoms with van der Waals surface area (Å²) in [6.45, 7) is 1.14. The van der Waals surface area contributed by atoms with Gasteiger partial charge in [0, 0.05) is 34.7 Å². The lowest BCUT2D eigenvalue weighted by Crippen LogP contribution is -2.26. The fraction of sp³-hybridized carbons (Fsp3) is 0.429. The molecule has 1 aliphatic heterocycles. The van der Waals surface area contributed by atoms with Crippen molar-refractivity contribution in [3.63, 3.8) is 0 Å². The molecule has 0 radical (unpaired) electrons. The minimum absolute atomic E-state index is 0.520. The molecule has 0 aliphatic carbocycles. The number of hydrogen-bond donors (Lipinski definition) is 1. The summed E-state index contributed by atoms with van der Waals surface area (Å²) in [6, 6.07) is 7.13. The predicted octanol–water partition coefficient (Wildman–Crippen LogP) is 3.76. The molecule has 1 N–H and O–H groups in total. The van der Waals surface area contributed by atoms with E-state index in [2.05, 4.69) is 57.3 Å². The van der Waals surface area contributed by atoms with Gasteiger partial charge in [-0.25, -0.2) is 0 Å². The summed E-state index contributed by atoms with van der Waals surface area (Å²) in [7, 11) is 2.10. The Morgan fingerprint density at radius 2 is 2.24 bits per heavy atom. The van der Waals surface area contributed by atoms with Gasteiger partial charge in [-0.3, -0.25) is 0 Å². The van der Waals surface area contributed by atoms with Crippen molar-refractivity contribution < 1.29 is 0 Å². The number of halogens is 1. The van der Waals surface area contributed by atoms with Crippen LogP contribution in [0.4, 0.5) is 0 Å². The topological polar surface area (TPSA) is 17.0 Å². The molecule has 1 aromatic heterocycles. The van der Waals surface area contributed by atoms with Crippen LogP contribution in [0.25, 0.3) is 10.9 Å². The minimum Gasteiger partial charge on any atom is -0.349 e. The Kier molecular flexibility index (Phi) is 2.97. The maximum Gasteiger partial charge on any atom is 0.0492 e. The zero-order chi connectivity index (χ0) is 11.8. The molecule has 17 heavy (non-hydrogen) atoms. The average molecular weight is 293 g/mol. The number of nitrogens with zero attached hydrogens (tertiary/aromatic N) is 1. The molecule has 1 aliphatic rings. The number of rotatable bonds is 1. The van der Waals surface area contributed by atoms with Gasteiger partial charge in [-0.1, -0.05) is 18.6 Å². The summed E-state index contributed by atoms with van der Waals surface area (Å²) in [5.41, 5.74) is 2.75. The molecule has 0 spiro atoms. The molecule has 1 atom stereocenters. The van der Waals surface area contributed by atoms with E-state index in [1.54, 1.807) is 0 Å². The maximum absolute atomic E-state index is 3.69. The molecule has 1 saturated heterocycles. The average Bonchev–Trinajstić information content (AvgIpc) is 2.66. The highest BCUT2D eigenvalue weighted by molar-refractivity contribution is 9.10. The fourth-order valence-corrected chi connectivity index (χ4v) is 3.56. The third-order valence-corrected chi connectivity index (χ3v) is 4.29. The van der Waals surface area contributed by atoms with E-state index in [1.165, 1.54) is 40.2 Å². The van der Waals surface area contributed by atoms with Crippen LogP contribution in [0.1, 0.15) is 30.9 Å². The van der Waals surface area contributed by atoms with E-state index in [9.17, 15) is 0 Å². The first-order valence-electron chi connectivity index (χ1n) is 6.24. The van der Waals surface area contributed by atoms with Crippen LogP contribution in [0.2, 0.25) is 0 Å². The molecule has 0 saturated carbocycles. The zero-order valence-corrected chi connectivity index (χ0v) is 11.6. The standard InChI is InChI=1S/C14H17BrN2/c1-17-9-11(15)14-10(5-4-7-13(14)17)12-6-2-3-8-16-12/h4-5,7,9,12,16H,2-3,6,8H2,1H3. The van der Waals surface area contributed by atoms with Crippen LogP contribution >= 0.6 is 15.9 Å². The quantitative estimate of drug-likeness (QED) is 0.847. The largest absolute Gasteiger partial charge is 0.349 e. The van der Waals surface area contributed by atoms with Crippen LogP contribution in [-0.4, -0.2) is 11.1 Å². The molecule has 2 nitrogen and oxygen atoms in total. The summed E-state index contributed by atoms with van der Waals surface area (Å²) in [4.78, 5) is 0. The molecular weight excluding hydrogens is 276 g/mol. The third kappa shape index (κ3) is 1.91. The SMILES string of the molecule is Cn1cc(Br)c2c(C3CCCCN3)cccc21. The van der Waals surface area contributed by atoms with E-state index in [0.29, 0.717) is 6.04 Å². The molecule has 1 fully saturated rings. The Labute approximate surface area is 110 Å². The minimum atomic E-state index is 0.520. The second-order valence-electron chi connectivity index (χ2n) is 4.83. The highest BCUT2D eigenvalue weighted by Gasteiger charge is 2.19. The smallest absolute Gasteiger partial charge is 0.0492 e. The molecule has 2 heterocycles. The normalized spacial score (nSPS) is 20.9. The van der Waals surface area contributed by atoms with Gasteiger partial charge in [0.05, 0.1) is 0 Å². The fourth-order valence-electron chi connectivity index (χ4n) is 2.82. The zero-order valence-electron chi connectivity index (χ0n) is 10.0. The number of benzene rings is 1. The molecular formula is C14H17BrN2. The van der Waals surface area contributed by atoms with Crippen LogP contribution in [0.15, 0.2) is 28.9 Å². The van der Waals surface area contributed by atoms with Gasteiger partial charge in [-0.15, -0.1) is 0 Å². The predicted molar refractivity (Wildman–Crippen MR) is 75.2 cm³/mol. The van der Waals surface area contributed by atoms with E-state index in [-0.39, 0.29) is 0 Å². The Balaban J connectivity index is 2.15. The monoisotopic (exact) mass is 292 g/mol. The van der Waals surface area contributed by atoms with Crippen LogP contribution in [0.5, 0.6) is 0 Å². The number of aryl methyl sites for hydroxylation is 1. The van der Waals surface area contributed by atoms with Crippen molar-refractivity contribution >= 4 is 26.8 Å². The van der Waals surface area contributed by atoms with Gasteiger partial charge in [0.2, 0.25) is 0 Å². The molecule has 1 unspecified atom stereocenters. The van der Waals surface area contributed by atoms with Crippen molar-refractivity contribution in [3.05, 3.63) is 34.4 Å². The van der Waals surface area contributed by atoms with E-state index >= 15 is 0 Å². The number of piperidine rings is 1. The number of aromatic nitrogens is 1. The van der Waals surface area contributed by atoms with Crippen LogP contribution in [0.3, 0.4) is 0 Å². The molecule has 3 rings (SSSR count). The number of nitrogens with one attached hydrogen (secondary N) is 1. The van der Waals surface area contributed by atoms with Gasteiger partial charge in [0.15, 0.2) is 0 Å². The van der Waals surface area contributed by atoms with Crippen LogP contribution < -0.4 is 5.32 Å². The van der Waals surface area contributed by atoms with Gasteiger partial charge in [0.1, 0.15) is 0 Å². The lowest BCUT2D eigenvalue weighted by atomic mass is 9.95. The Morgan fingerprint density at radius 1 is 1.35 bits per heavy atom. The van der Waals surface area contributed by atoms with Crippen molar-refractivity contribution in [2.75, 3.05) is 6.54 Å². The lowest BCUT2D eigenvalue weighted by Gasteiger charge is -2.24. The van der Waals surface area contributed by atoms with Gasteiger partial charge in [-0.2, -0.15) is 0 Å².